The molecule has 0 aliphatic heterocycles. The van der Waals surface area contributed by atoms with Crippen LogP contribution in [0, 0.1) is 0 Å². The van der Waals surface area contributed by atoms with Gasteiger partial charge in [0.15, 0.2) is 0 Å². The molecule has 0 amide bonds. The fourth-order valence-electron chi connectivity index (χ4n) is 9.57. The Morgan fingerprint density at radius 1 is 0.224 bits per heavy atom. The molecule has 0 N–H and O–H groups in total. The monoisotopic (exact) mass is 835 g/mol. The van der Waals surface area contributed by atoms with E-state index in [0.29, 0.717) is 0 Å². The summed E-state index contributed by atoms with van der Waals surface area (Å²) in [5, 5.41) is -0.0599. The van der Waals surface area contributed by atoms with Crippen LogP contribution in [0.2, 0.25) is 0 Å². The number of benzene rings is 2. The van der Waals surface area contributed by atoms with Crippen LogP contribution < -0.4 is 0 Å². The number of hydrogen-bond acceptors (Lipinski definition) is 4. The maximum atomic E-state index is 15.6. The molecule has 0 atom stereocenters. The minimum Gasteiger partial charge on any atom is -0.281 e. The molecule has 0 fully saturated rings. The van der Waals surface area contributed by atoms with Crippen molar-refractivity contribution in [2.24, 2.45) is 0 Å². The average Bonchev–Trinajstić information content (AvgIpc) is 2.91. The molecule has 58 heavy (non-hydrogen) atoms. The summed E-state index contributed by atoms with van der Waals surface area (Å²) >= 11 is 0. The Morgan fingerprint density at radius 3 is 0.431 bits per heavy atom. The lowest BCUT2D eigenvalue weighted by atomic mass is 9.59. The van der Waals surface area contributed by atoms with Crippen molar-refractivity contribution in [3.63, 3.8) is 0 Å². The van der Waals surface area contributed by atoms with Gasteiger partial charge in [-0.25, -0.2) is 0 Å². The molecule has 2 aromatic rings. The van der Waals surface area contributed by atoms with Crippen molar-refractivity contribution in [1.82, 2.24) is 0 Å². The van der Waals surface area contributed by atoms with Crippen LogP contribution >= 0.6 is 21.6 Å². The first-order valence-corrected chi connectivity index (χ1v) is 24.1. The molecule has 4 heteroatoms. The molecule has 0 unspecified atom stereocenters. The van der Waals surface area contributed by atoms with Crippen molar-refractivity contribution in [2.45, 2.75) is 262 Å². The van der Waals surface area contributed by atoms with Crippen LogP contribution in [0.15, 0.2) is 0 Å². The van der Waals surface area contributed by atoms with E-state index in [-0.39, 0.29) is 64.4 Å². The number of rotatable bonds is 2. The third-order valence-corrected chi connectivity index (χ3v) is 13.1. The van der Waals surface area contributed by atoms with E-state index < -0.39 is 0 Å². The highest BCUT2D eigenvalue weighted by Crippen LogP contribution is 2.55. The molecule has 0 aromatic heterocycles. The fraction of sp³-hybridized carbons (Fsp3) is 0.741. The number of carbonyl (C=O) groups is 2. The molecular formula is C54H90O2S2. The lowest BCUT2D eigenvalue weighted by molar-refractivity contribution is 0.107. The molecule has 0 aliphatic carbocycles. The second kappa shape index (κ2) is 15.7. The predicted molar refractivity (Wildman–Crippen MR) is 264 cm³/mol. The quantitative estimate of drug-likeness (QED) is 0.282. The molecule has 0 spiro atoms. The summed E-state index contributed by atoms with van der Waals surface area (Å²) in [5.74, 6) is 0. The maximum absolute atomic E-state index is 15.6. The molecule has 0 saturated carbocycles. The normalized spacial score (nSPS) is 14.7. The second-order valence-corrected chi connectivity index (χ2v) is 29.8. The van der Waals surface area contributed by atoms with E-state index in [2.05, 4.69) is 208 Å². The van der Waals surface area contributed by atoms with Crippen LogP contribution in [0.25, 0.3) is 0 Å². The first kappa shape index (κ1) is 52.6. The van der Waals surface area contributed by atoms with Gasteiger partial charge in [-0.1, -0.05) is 208 Å². The lowest BCUT2D eigenvalue weighted by Crippen LogP contribution is -2.38. The second-order valence-electron chi connectivity index (χ2n) is 27.7. The average molecular weight is 835 g/mol. The Bertz CT molecular complexity index is 1650. The standard InChI is InChI=1S/C54H90O2S2/c1-45(2,3)33-31(34(46(4,5)6)38(50(16,17)18)41(53(25,26)27)37(33)49(13,14)15)43(55)57-58-44(56)32-35(47(7,8)9)39(51(19,20)21)42(54(28,29)30)40(52(22,23)24)36(32)48(10,11)12/h1-30H3. The van der Waals surface area contributed by atoms with E-state index in [4.69, 9.17) is 0 Å². The highest BCUT2D eigenvalue weighted by molar-refractivity contribution is 8.87. The van der Waals surface area contributed by atoms with E-state index >= 15 is 9.59 Å². The van der Waals surface area contributed by atoms with Gasteiger partial charge in [-0.15, -0.1) is 0 Å². The highest BCUT2D eigenvalue weighted by Gasteiger charge is 2.46. The van der Waals surface area contributed by atoms with E-state index in [1.54, 1.807) is 0 Å². The molecule has 0 aliphatic rings. The van der Waals surface area contributed by atoms with Gasteiger partial charge in [0.2, 0.25) is 10.2 Å². The van der Waals surface area contributed by atoms with Crippen LogP contribution in [0.1, 0.15) is 284 Å². The summed E-state index contributed by atoms with van der Waals surface area (Å²) in [7, 11) is 2.30. The molecule has 2 rings (SSSR count). The van der Waals surface area contributed by atoms with Crippen LogP contribution in [-0.2, 0) is 54.1 Å². The van der Waals surface area contributed by atoms with Gasteiger partial charge >= 0.3 is 0 Å². The smallest absolute Gasteiger partial charge is 0.230 e. The highest BCUT2D eigenvalue weighted by atomic mass is 33.1. The third-order valence-electron chi connectivity index (χ3n) is 11.1. The number of carbonyl (C=O) groups excluding carboxylic acids is 2. The van der Waals surface area contributed by atoms with Gasteiger partial charge in [-0.2, -0.15) is 0 Å². The molecule has 0 heterocycles. The lowest BCUT2D eigenvalue weighted by Gasteiger charge is -2.45. The van der Waals surface area contributed by atoms with Gasteiger partial charge in [0, 0.05) is 11.1 Å². The van der Waals surface area contributed by atoms with Crippen molar-refractivity contribution < 1.29 is 9.59 Å². The molecule has 0 saturated heterocycles. The van der Waals surface area contributed by atoms with Gasteiger partial charge < -0.3 is 0 Å². The molecule has 0 radical (unpaired) electrons. The van der Waals surface area contributed by atoms with Gasteiger partial charge in [-0.3, -0.25) is 9.59 Å². The zero-order valence-corrected chi connectivity index (χ0v) is 45.3. The Kier molecular flexibility index (Phi) is 14.2. The Hall–Kier alpha value is -1.52. The largest absolute Gasteiger partial charge is 0.281 e. The van der Waals surface area contributed by atoms with Gasteiger partial charge in [0.1, 0.15) is 0 Å². The zero-order valence-electron chi connectivity index (χ0n) is 43.6. The summed E-state index contributed by atoms with van der Waals surface area (Å²) in [6, 6.07) is 0. The fourth-order valence-corrected chi connectivity index (χ4v) is 11.2. The van der Waals surface area contributed by atoms with Crippen LogP contribution in [0.4, 0.5) is 0 Å². The summed E-state index contributed by atoms with van der Waals surface area (Å²) in [6.07, 6.45) is 0. The molecule has 2 nitrogen and oxygen atoms in total. The van der Waals surface area contributed by atoms with Gasteiger partial charge in [0.05, 0.1) is 0 Å². The van der Waals surface area contributed by atoms with Crippen molar-refractivity contribution in [2.75, 3.05) is 0 Å². The van der Waals surface area contributed by atoms with Gasteiger partial charge in [-0.05, 0) is 131 Å². The number of hydrogen-bond donors (Lipinski definition) is 0. The Labute approximate surface area is 368 Å². The summed E-state index contributed by atoms with van der Waals surface area (Å²) in [5.41, 5.74) is 11.2. The predicted octanol–water partition coefficient (Wildman–Crippen LogP) is 17.0. The summed E-state index contributed by atoms with van der Waals surface area (Å²) in [6.45, 7) is 68.8. The topological polar surface area (TPSA) is 34.1 Å². The SMILES string of the molecule is CC(C)(C)c1c(C(=O)SSC(=O)c2c(C(C)(C)C)c(C(C)(C)C)c(C(C)(C)C)c(C(C)(C)C)c2C(C)(C)C)c(C(C)(C)C)c(C(C)(C)C)c(C(C)(C)C)c1C(C)(C)C. The van der Waals surface area contributed by atoms with E-state index in [0.717, 1.165) is 55.0 Å². The minimum atomic E-state index is -0.343. The van der Waals surface area contributed by atoms with Crippen molar-refractivity contribution in [3.8, 4) is 0 Å². The van der Waals surface area contributed by atoms with E-state index in [1.165, 1.54) is 33.4 Å². The first-order chi connectivity index (χ1) is 25.0. The summed E-state index contributed by atoms with van der Waals surface area (Å²) < 4.78 is 0. The maximum Gasteiger partial charge on any atom is 0.230 e. The molecule has 330 valence electrons. The van der Waals surface area contributed by atoms with Crippen LogP contribution in [0.3, 0.4) is 0 Å². The molecule has 2 aromatic carbocycles. The van der Waals surface area contributed by atoms with E-state index in [9.17, 15) is 0 Å². The van der Waals surface area contributed by atoms with Gasteiger partial charge in [0.25, 0.3) is 0 Å². The Morgan fingerprint density at radius 2 is 0.328 bits per heavy atom. The minimum absolute atomic E-state index is 0.0299. The molecular weight excluding hydrogens is 745 g/mol. The third kappa shape index (κ3) is 10.9. The zero-order chi connectivity index (χ0) is 46.5. The van der Waals surface area contributed by atoms with Crippen molar-refractivity contribution in [1.29, 1.82) is 0 Å². The van der Waals surface area contributed by atoms with Crippen LogP contribution in [-0.4, -0.2) is 10.2 Å². The van der Waals surface area contributed by atoms with E-state index in [1.807, 2.05) is 0 Å². The van der Waals surface area contributed by atoms with Crippen LogP contribution in [0.5, 0.6) is 0 Å². The van der Waals surface area contributed by atoms with Crippen molar-refractivity contribution in [3.05, 3.63) is 66.8 Å². The Balaban J connectivity index is 3.40. The molecule has 0 bridgehead atoms. The first-order valence-electron chi connectivity index (χ1n) is 22.0. The summed E-state index contributed by atoms with van der Waals surface area (Å²) in [4.78, 5) is 31.3. The van der Waals surface area contributed by atoms with Crippen molar-refractivity contribution >= 4 is 31.8 Å².